The van der Waals surface area contributed by atoms with E-state index in [4.69, 9.17) is 17.3 Å². The maximum absolute atomic E-state index is 11.9. The van der Waals surface area contributed by atoms with E-state index in [1.165, 1.54) is 0 Å². The Hall–Kier alpha value is -0.440. The first-order chi connectivity index (χ1) is 6.31. The molecular weight excluding hydrogens is 335 g/mol. The highest BCUT2D eigenvalue weighted by atomic mass is 127. The summed E-state index contributed by atoms with van der Waals surface area (Å²) in [6.45, 7) is 0. The molecule has 0 spiro atoms. The zero-order valence-corrected chi connectivity index (χ0v) is 9.31. The number of rotatable bonds is 1. The Morgan fingerprint density at radius 2 is 2.07 bits per heavy atom. The van der Waals surface area contributed by atoms with Gasteiger partial charge < -0.3 is 10.5 Å². The molecule has 0 atom stereocenters. The number of halogens is 5. The second-order valence-corrected chi connectivity index (χ2v) is 3.63. The monoisotopic (exact) mass is 338 g/mol. The molecule has 3 nitrogen and oxygen atoms in total. The van der Waals surface area contributed by atoms with E-state index in [-0.39, 0.29) is 14.4 Å². The molecule has 0 saturated heterocycles. The molecule has 0 aliphatic carbocycles. The van der Waals surface area contributed by atoms with Crippen molar-refractivity contribution in [3.8, 4) is 5.75 Å². The zero-order chi connectivity index (χ0) is 10.9. The van der Waals surface area contributed by atoms with Gasteiger partial charge in [-0.2, -0.15) is 0 Å². The van der Waals surface area contributed by atoms with E-state index < -0.39 is 12.1 Å². The highest BCUT2D eigenvalue weighted by Crippen LogP contribution is 2.35. The van der Waals surface area contributed by atoms with Gasteiger partial charge in [-0.25, -0.2) is 4.98 Å². The predicted octanol–water partition coefficient (Wildman–Crippen LogP) is 2.82. The molecule has 1 aromatic heterocycles. The topological polar surface area (TPSA) is 48.1 Å². The number of alkyl halides is 3. The van der Waals surface area contributed by atoms with Crippen LogP contribution in [-0.2, 0) is 0 Å². The minimum Gasteiger partial charge on any atom is -0.401 e. The smallest absolute Gasteiger partial charge is 0.401 e. The van der Waals surface area contributed by atoms with Gasteiger partial charge in [0.15, 0.2) is 10.9 Å². The van der Waals surface area contributed by atoms with E-state index in [0.29, 0.717) is 0 Å². The largest absolute Gasteiger partial charge is 0.573 e. The van der Waals surface area contributed by atoms with Crippen molar-refractivity contribution in [1.29, 1.82) is 0 Å². The maximum atomic E-state index is 11.9. The van der Waals surface area contributed by atoms with E-state index in [1.54, 1.807) is 22.6 Å². The molecule has 0 unspecified atom stereocenters. The van der Waals surface area contributed by atoms with Crippen molar-refractivity contribution in [3.63, 3.8) is 0 Å². The van der Waals surface area contributed by atoms with Gasteiger partial charge in [-0.3, -0.25) is 0 Å². The number of hydrogen-bond acceptors (Lipinski definition) is 3. The Labute approximate surface area is 95.5 Å². The summed E-state index contributed by atoms with van der Waals surface area (Å²) in [5, 5.41) is -0.374. The third kappa shape index (κ3) is 2.77. The molecule has 78 valence electrons. The average Bonchev–Trinajstić information content (AvgIpc) is 2.04. The van der Waals surface area contributed by atoms with Gasteiger partial charge in [0.05, 0.1) is 15.5 Å². The number of ether oxygens (including phenoxy) is 1. The van der Waals surface area contributed by atoms with Crippen LogP contribution in [0.3, 0.4) is 0 Å². The normalized spacial score (nSPS) is 11.5. The van der Waals surface area contributed by atoms with E-state index in [0.717, 1.165) is 6.20 Å². The molecule has 0 aliphatic rings. The van der Waals surface area contributed by atoms with Crippen molar-refractivity contribution in [2.75, 3.05) is 5.73 Å². The lowest BCUT2D eigenvalue weighted by Crippen LogP contribution is -2.18. The second kappa shape index (κ2) is 3.97. The average molecular weight is 338 g/mol. The van der Waals surface area contributed by atoms with Crippen LogP contribution < -0.4 is 10.5 Å². The number of aromatic nitrogens is 1. The van der Waals surface area contributed by atoms with Crippen molar-refractivity contribution < 1.29 is 17.9 Å². The first-order valence-corrected chi connectivity index (χ1v) is 4.62. The molecule has 1 heterocycles. The molecule has 8 heteroatoms. The van der Waals surface area contributed by atoms with Crippen molar-refractivity contribution in [3.05, 3.63) is 14.9 Å². The SMILES string of the molecule is Nc1cnc(Cl)c(OC(F)(F)F)c1I. The molecule has 2 N–H and O–H groups in total. The van der Waals surface area contributed by atoms with E-state index in [1.807, 2.05) is 0 Å². The van der Waals surface area contributed by atoms with Crippen LogP contribution in [0.4, 0.5) is 18.9 Å². The standard InChI is InChI=1S/C6H3ClF3IN2O/c7-5-4(14-6(8,9)10)3(11)2(12)1-13-5/h1H,12H2. The van der Waals surface area contributed by atoms with Gasteiger partial charge in [0.1, 0.15) is 0 Å². The first-order valence-electron chi connectivity index (χ1n) is 3.16. The van der Waals surface area contributed by atoms with Crippen LogP contribution in [0.5, 0.6) is 5.75 Å². The van der Waals surface area contributed by atoms with Crippen LogP contribution in [0, 0.1) is 3.57 Å². The first kappa shape index (κ1) is 11.6. The van der Waals surface area contributed by atoms with Gasteiger partial charge in [0, 0.05) is 0 Å². The second-order valence-electron chi connectivity index (χ2n) is 2.20. The van der Waals surface area contributed by atoms with Crippen LogP contribution in [0.25, 0.3) is 0 Å². The Morgan fingerprint density at radius 3 is 2.57 bits per heavy atom. The van der Waals surface area contributed by atoms with Crippen LogP contribution in [0.2, 0.25) is 5.15 Å². The summed E-state index contributed by atoms with van der Waals surface area (Å²) in [4.78, 5) is 3.43. The third-order valence-electron chi connectivity index (χ3n) is 1.17. The molecular formula is C6H3ClF3IN2O. The summed E-state index contributed by atoms with van der Waals surface area (Å²) < 4.78 is 39.4. The predicted molar refractivity (Wildman–Crippen MR) is 53.1 cm³/mol. The van der Waals surface area contributed by atoms with E-state index in [9.17, 15) is 13.2 Å². The molecule has 0 radical (unpaired) electrons. The summed E-state index contributed by atoms with van der Waals surface area (Å²) in [6.07, 6.45) is -3.65. The van der Waals surface area contributed by atoms with Gasteiger partial charge in [-0.1, -0.05) is 11.6 Å². The molecule has 0 fully saturated rings. The fourth-order valence-corrected chi connectivity index (χ4v) is 1.51. The zero-order valence-electron chi connectivity index (χ0n) is 6.40. The highest BCUT2D eigenvalue weighted by molar-refractivity contribution is 14.1. The number of nitrogen functional groups attached to an aromatic ring is 1. The summed E-state index contributed by atoms with van der Waals surface area (Å²) >= 11 is 7.01. The minimum atomic E-state index is -4.81. The van der Waals surface area contributed by atoms with Gasteiger partial charge in [0.2, 0.25) is 0 Å². The Bertz CT molecular complexity index is 358. The number of hydrogen-bond donors (Lipinski definition) is 1. The van der Waals surface area contributed by atoms with Gasteiger partial charge >= 0.3 is 6.36 Å². The van der Waals surface area contributed by atoms with E-state index in [2.05, 4.69) is 9.72 Å². The Balaban J connectivity index is 3.13. The van der Waals surface area contributed by atoms with Crippen LogP contribution in [0.1, 0.15) is 0 Å². The molecule has 0 aromatic carbocycles. The van der Waals surface area contributed by atoms with Crippen molar-refractivity contribution in [2.24, 2.45) is 0 Å². The summed E-state index contributed by atoms with van der Waals surface area (Å²) in [5.41, 5.74) is 5.41. The van der Waals surface area contributed by atoms with Crippen LogP contribution >= 0.6 is 34.2 Å². The van der Waals surface area contributed by atoms with Gasteiger partial charge in [-0.05, 0) is 22.6 Å². The van der Waals surface area contributed by atoms with Crippen molar-refractivity contribution >= 4 is 39.9 Å². The van der Waals surface area contributed by atoms with E-state index >= 15 is 0 Å². The number of pyridine rings is 1. The summed E-state index contributed by atoms with van der Waals surface area (Å²) in [5.74, 6) is -0.570. The summed E-state index contributed by atoms with van der Waals surface area (Å²) in [6, 6.07) is 0. The number of nitrogens with zero attached hydrogens (tertiary/aromatic N) is 1. The summed E-state index contributed by atoms with van der Waals surface area (Å²) in [7, 11) is 0. The fraction of sp³-hybridized carbons (Fsp3) is 0.167. The lowest BCUT2D eigenvalue weighted by Gasteiger charge is -2.12. The third-order valence-corrected chi connectivity index (χ3v) is 2.56. The molecule has 0 saturated carbocycles. The fourth-order valence-electron chi connectivity index (χ4n) is 0.666. The van der Waals surface area contributed by atoms with Crippen LogP contribution in [0.15, 0.2) is 6.20 Å². The van der Waals surface area contributed by atoms with Crippen LogP contribution in [-0.4, -0.2) is 11.3 Å². The number of anilines is 1. The lowest BCUT2D eigenvalue weighted by molar-refractivity contribution is -0.275. The molecule has 0 amide bonds. The van der Waals surface area contributed by atoms with Gasteiger partial charge in [0.25, 0.3) is 0 Å². The maximum Gasteiger partial charge on any atom is 0.573 e. The highest BCUT2D eigenvalue weighted by Gasteiger charge is 2.33. The molecule has 0 bridgehead atoms. The quantitative estimate of drug-likeness (QED) is 0.633. The van der Waals surface area contributed by atoms with Gasteiger partial charge in [-0.15, -0.1) is 13.2 Å². The Morgan fingerprint density at radius 1 is 1.50 bits per heavy atom. The Kier molecular flexibility index (Phi) is 3.30. The molecule has 1 aromatic rings. The minimum absolute atomic E-state index is 0.0780. The molecule has 14 heavy (non-hydrogen) atoms. The van der Waals surface area contributed by atoms with Crippen molar-refractivity contribution in [1.82, 2.24) is 4.98 Å². The lowest BCUT2D eigenvalue weighted by atomic mass is 10.4. The number of nitrogens with two attached hydrogens (primary N) is 1. The van der Waals surface area contributed by atoms with Crippen molar-refractivity contribution in [2.45, 2.75) is 6.36 Å². The molecule has 0 aliphatic heterocycles. The molecule has 1 rings (SSSR count).